The lowest BCUT2D eigenvalue weighted by Crippen LogP contribution is -2.05. The standard InChI is InChI=1S/C10H14O2/c11-9-6-5-8-3-1-2-4-10(8)12-7-9/h1-7H2. The van der Waals surface area contributed by atoms with Crippen molar-refractivity contribution in [2.75, 3.05) is 6.61 Å². The van der Waals surface area contributed by atoms with E-state index in [2.05, 4.69) is 0 Å². The minimum Gasteiger partial charge on any atom is -0.490 e. The molecule has 1 aliphatic carbocycles. The highest BCUT2D eigenvalue weighted by Gasteiger charge is 2.19. The molecule has 0 unspecified atom stereocenters. The van der Waals surface area contributed by atoms with E-state index in [1.807, 2.05) is 0 Å². The van der Waals surface area contributed by atoms with E-state index in [1.165, 1.54) is 18.4 Å². The monoisotopic (exact) mass is 166 g/mol. The summed E-state index contributed by atoms with van der Waals surface area (Å²) in [5.74, 6) is 1.39. The maximum absolute atomic E-state index is 11.1. The van der Waals surface area contributed by atoms with Crippen LogP contribution in [-0.2, 0) is 9.53 Å². The van der Waals surface area contributed by atoms with Crippen LogP contribution in [0.2, 0.25) is 0 Å². The van der Waals surface area contributed by atoms with E-state index in [-0.39, 0.29) is 5.78 Å². The maximum atomic E-state index is 11.1. The molecule has 66 valence electrons. The molecule has 0 bridgehead atoms. The lowest BCUT2D eigenvalue weighted by Gasteiger charge is -2.17. The molecular weight excluding hydrogens is 152 g/mol. The zero-order valence-electron chi connectivity index (χ0n) is 7.27. The first-order chi connectivity index (χ1) is 5.86. The Morgan fingerprint density at radius 2 is 1.83 bits per heavy atom. The lowest BCUT2D eigenvalue weighted by atomic mass is 9.94. The Hall–Kier alpha value is -0.790. The minimum atomic E-state index is 0.254. The number of carbonyl (C=O) groups is 1. The van der Waals surface area contributed by atoms with Crippen molar-refractivity contribution in [2.45, 2.75) is 38.5 Å². The van der Waals surface area contributed by atoms with Crippen molar-refractivity contribution in [2.24, 2.45) is 0 Å². The van der Waals surface area contributed by atoms with Crippen molar-refractivity contribution in [3.63, 3.8) is 0 Å². The van der Waals surface area contributed by atoms with Gasteiger partial charge in [0, 0.05) is 12.8 Å². The molecule has 2 heteroatoms. The molecule has 2 nitrogen and oxygen atoms in total. The van der Waals surface area contributed by atoms with Gasteiger partial charge >= 0.3 is 0 Å². The second kappa shape index (κ2) is 3.30. The van der Waals surface area contributed by atoms with Gasteiger partial charge in [-0.1, -0.05) is 0 Å². The van der Waals surface area contributed by atoms with E-state index < -0.39 is 0 Å². The smallest absolute Gasteiger partial charge is 0.170 e. The number of ether oxygens (including phenoxy) is 1. The molecule has 0 amide bonds. The molecule has 0 aromatic carbocycles. The van der Waals surface area contributed by atoms with Crippen LogP contribution in [0.4, 0.5) is 0 Å². The van der Waals surface area contributed by atoms with Crippen LogP contribution in [0.3, 0.4) is 0 Å². The van der Waals surface area contributed by atoms with Gasteiger partial charge in [0.1, 0.15) is 6.61 Å². The molecule has 0 N–H and O–H groups in total. The summed E-state index contributed by atoms with van der Waals surface area (Å²) in [4.78, 5) is 11.1. The first-order valence-corrected chi connectivity index (χ1v) is 4.71. The summed E-state index contributed by atoms with van der Waals surface area (Å²) in [5.41, 5.74) is 1.41. The fourth-order valence-electron chi connectivity index (χ4n) is 1.91. The third-order valence-electron chi connectivity index (χ3n) is 2.64. The molecule has 0 saturated heterocycles. The summed E-state index contributed by atoms with van der Waals surface area (Å²) in [6.07, 6.45) is 6.36. The summed E-state index contributed by atoms with van der Waals surface area (Å²) >= 11 is 0. The maximum Gasteiger partial charge on any atom is 0.170 e. The van der Waals surface area contributed by atoms with Gasteiger partial charge in [-0.05, 0) is 31.3 Å². The second-order valence-corrected chi connectivity index (χ2v) is 3.56. The Bertz CT molecular complexity index is 206. The van der Waals surface area contributed by atoms with E-state index in [4.69, 9.17) is 4.74 Å². The molecule has 1 heterocycles. The third-order valence-corrected chi connectivity index (χ3v) is 2.64. The van der Waals surface area contributed by atoms with Gasteiger partial charge in [-0.3, -0.25) is 4.79 Å². The largest absolute Gasteiger partial charge is 0.490 e. The average Bonchev–Trinajstić information content (AvgIpc) is 2.29. The number of hydrogen-bond acceptors (Lipinski definition) is 2. The number of allylic oxidation sites excluding steroid dienone is 2. The number of hydrogen-bond donors (Lipinski definition) is 0. The Kier molecular flexibility index (Phi) is 2.15. The van der Waals surface area contributed by atoms with Crippen LogP contribution in [0.15, 0.2) is 11.3 Å². The van der Waals surface area contributed by atoms with Crippen molar-refractivity contribution in [3.8, 4) is 0 Å². The lowest BCUT2D eigenvalue weighted by molar-refractivity contribution is -0.121. The minimum absolute atomic E-state index is 0.254. The van der Waals surface area contributed by atoms with Crippen molar-refractivity contribution in [1.82, 2.24) is 0 Å². The fourth-order valence-corrected chi connectivity index (χ4v) is 1.91. The van der Waals surface area contributed by atoms with E-state index in [0.29, 0.717) is 13.0 Å². The highest BCUT2D eigenvalue weighted by molar-refractivity contribution is 5.80. The number of carbonyl (C=O) groups excluding carboxylic acids is 1. The van der Waals surface area contributed by atoms with Crippen molar-refractivity contribution < 1.29 is 9.53 Å². The fraction of sp³-hybridized carbons (Fsp3) is 0.700. The molecule has 0 atom stereocenters. The van der Waals surface area contributed by atoms with Crippen LogP contribution in [-0.4, -0.2) is 12.4 Å². The van der Waals surface area contributed by atoms with Gasteiger partial charge in [-0.25, -0.2) is 0 Å². The molecule has 2 rings (SSSR count). The van der Waals surface area contributed by atoms with E-state index in [9.17, 15) is 4.79 Å². The predicted octanol–water partition coefficient (Wildman–Crippen LogP) is 2.19. The van der Waals surface area contributed by atoms with Crippen LogP contribution >= 0.6 is 0 Å². The molecule has 0 saturated carbocycles. The summed E-state index contributed by atoms with van der Waals surface area (Å²) < 4.78 is 5.45. The molecule has 0 aromatic heterocycles. The molecule has 0 spiro atoms. The molecule has 2 aliphatic rings. The topological polar surface area (TPSA) is 26.3 Å². The summed E-state index contributed by atoms with van der Waals surface area (Å²) in [7, 11) is 0. The highest BCUT2D eigenvalue weighted by Crippen LogP contribution is 2.30. The van der Waals surface area contributed by atoms with Gasteiger partial charge in [0.15, 0.2) is 5.78 Å². The van der Waals surface area contributed by atoms with Gasteiger partial charge in [0.2, 0.25) is 0 Å². The van der Waals surface area contributed by atoms with E-state index >= 15 is 0 Å². The van der Waals surface area contributed by atoms with Crippen LogP contribution in [0.25, 0.3) is 0 Å². The zero-order valence-corrected chi connectivity index (χ0v) is 7.27. The van der Waals surface area contributed by atoms with Crippen molar-refractivity contribution in [3.05, 3.63) is 11.3 Å². The Morgan fingerprint density at radius 1 is 1.00 bits per heavy atom. The Morgan fingerprint density at radius 3 is 2.75 bits per heavy atom. The van der Waals surface area contributed by atoms with E-state index in [0.717, 1.165) is 25.0 Å². The summed E-state index contributed by atoms with van der Waals surface area (Å²) in [6, 6.07) is 0. The number of ketones is 1. The SMILES string of the molecule is O=C1CCC2=C(CCCC2)OC1. The van der Waals surface area contributed by atoms with Gasteiger partial charge in [0.25, 0.3) is 0 Å². The number of Topliss-reactive ketones (excluding diaryl/α,β-unsaturated/α-hetero) is 1. The van der Waals surface area contributed by atoms with Crippen molar-refractivity contribution in [1.29, 1.82) is 0 Å². The average molecular weight is 166 g/mol. The van der Waals surface area contributed by atoms with E-state index in [1.54, 1.807) is 0 Å². The van der Waals surface area contributed by atoms with Crippen LogP contribution in [0, 0.1) is 0 Å². The van der Waals surface area contributed by atoms with Crippen molar-refractivity contribution >= 4 is 5.78 Å². The molecule has 0 fully saturated rings. The predicted molar refractivity (Wildman–Crippen MR) is 45.7 cm³/mol. The van der Waals surface area contributed by atoms with Gasteiger partial charge in [0.05, 0.1) is 5.76 Å². The number of rotatable bonds is 0. The molecule has 0 radical (unpaired) electrons. The first kappa shape index (κ1) is 7.84. The van der Waals surface area contributed by atoms with Crippen LogP contribution in [0.1, 0.15) is 38.5 Å². The van der Waals surface area contributed by atoms with Gasteiger partial charge < -0.3 is 4.74 Å². The molecule has 12 heavy (non-hydrogen) atoms. The molecule has 0 aromatic rings. The molecule has 1 aliphatic heterocycles. The molecular formula is C10H14O2. The van der Waals surface area contributed by atoms with Crippen LogP contribution in [0.5, 0.6) is 0 Å². The Labute approximate surface area is 72.6 Å². The third kappa shape index (κ3) is 1.52. The van der Waals surface area contributed by atoms with Gasteiger partial charge in [-0.15, -0.1) is 0 Å². The summed E-state index contributed by atoms with van der Waals surface area (Å²) in [5, 5.41) is 0. The van der Waals surface area contributed by atoms with Gasteiger partial charge in [-0.2, -0.15) is 0 Å². The Balaban J connectivity index is 2.12. The van der Waals surface area contributed by atoms with Crippen LogP contribution < -0.4 is 0 Å². The normalized spacial score (nSPS) is 24.5. The quantitative estimate of drug-likeness (QED) is 0.551. The summed E-state index contributed by atoms with van der Waals surface area (Å²) in [6.45, 7) is 0.318. The highest BCUT2D eigenvalue weighted by atomic mass is 16.5. The zero-order chi connectivity index (χ0) is 8.39. The first-order valence-electron chi connectivity index (χ1n) is 4.71. The second-order valence-electron chi connectivity index (χ2n) is 3.56.